The first-order chi connectivity index (χ1) is 8.15. The minimum absolute atomic E-state index is 0.0798. The zero-order valence-corrected chi connectivity index (χ0v) is 10.6. The van der Waals surface area contributed by atoms with E-state index < -0.39 is 0 Å². The fourth-order valence-corrected chi connectivity index (χ4v) is 2.25. The molecule has 1 aliphatic heterocycles. The highest BCUT2D eigenvalue weighted by Crippen LogP contribution is 2.13. The van der Waals surface area contributed by atoms with Gasteiger partial charge in [-0.1, -0.05) is 11.6 Å². The van der Waals surface area contributed by atoms with Crippen LogP contribution >= 0.6 is 11.6 Å². The van der Waals surface area contributed by atoms with E-state index in [0.717, 1.165) is 26.1 Å². The molecule has 5 heteroatoms. The molecule has 1 aromatic rings. The molecular formula is C12H16ClN3O. The Balaban J connectivity index is 1.85. The summed E-state index contributed by atoms with van der Waals surface area (Å²) in [5, 5.41) is 3.28. The van der Waals surface area contributed by atoms with Gasteiger partial charge in [0.05, 0.1) is 0 Å². The molecule has 0 saturated carbocycles. The van der Waals surface area contributed by atoms with Gasteiger partial charge in [0.2, 0.25) is 0 Å². The van der Waals surface area contributed by atoms with Gasteiger partial charge in [0, 0.05) is 24.8 Å². The average Bonchev–Trinajstić information content (AvgIpc) is 2.72. The van der Waals surface area contributed by atoms with E-state index >= 15 is 0 Å². The number of likely N-dealkylation sites (tertiary alicyclic amines) is 1. The van der Waals surface area contributed by atoms with Crippen LogP contribution in [0.4, 0.5) is 0 Å². The molecule has 1 fully saturated rings. The Labute approximate surface area is 106 Å². The zero-order chi connectivity index (χ0) is 12.3. The number of nitrogens with one attached hydrogen (secondary N) is 1. The van der Waals surface area contributed by atoms with E-state index in [9.17, 15) is 4.79 Å². The van der Waals surface area contributed by atoms with Crippen LogP contribution < -0.4 is 5.32 Å². The first-order valence-electron chi connectivity index (χ1n) is 5.73. The second-order valence-electron chi connectivity index (χ2n) is 4.49. The number of hydrogen-bond donors (Lipinski definition) is 1. The Morgan fingerprint density at radius 3 is 3.18 bits per heavy atom. The van der Waals surface area contributed by atoms with Crippen LogP contribution in [-0.4, -0.2) is 42.5 Å². The zero-order valence-electron chi connectivity index (χ0n) is 9.82. The second-order valence-corrected chi connectivity index (χ2v) is 4.88. The SMILES string of the molecule is CN1CCC(CNC(=O)c2ccnc(Cl)c2)C1. The van der Waals surface area contributed by atoms with Crippen LogP contribution in [0, 0.1) is 5.92 Å². The van der Waals surface area contributed by atoms with E-state index in [1.807, 2.05) is 0 Å². The van der Waals surface area contributed by atoms with Gasteiger partial charge in [-0.15, -0.1) is 0 Å². The van der Waals surface area contributed by atoms with Gasteiger partial charge in [-0.3, -0.25) is 4.79 Å². The Hall–Kier alpha value is -1.13. The molecule has 92 valence electrons. The summed E-state index contributed by atoms with van der Waals surface area (Å²) in [6.45, 7) is 2.89. The lowest BCUT2D eigenvalue weighted by Crippen LogP contribution is -2.30. The predicted molar refractivity (Wildman–Crippen MR) is 67.2 cm³/mol. The number of carbonyl (C=O) groups excluding carboxylic acids is 1. The van der Waals surface area contributed by atoms with Gasteiger partial charge < -0.3 is 10.2 Å². The molecule has 2 heterocycles. The molecule has 0 spiro atoms. The summed E-state index contributed by atoms with van der Waals surface area (Å²) >= 11 is 5.74. The van der Waals surface area contributed by atoms with Gasteiger partial charge in [-0.05, 0) is 38.1 Å². The van der Waals surface area contributed by atoms with Crippen molar-refractivity contribution in [1.82, 2.24) is 15.2 Å². The van der Waals surface area contributed by atoms with Crippen molar-refractivity contribution < 1.29 is 4.79 Å². The maximum Gasteiger partial charge on any atom is 0.251 e. The lowest BCUT2D eigenvalue weighted by molar-refractivity contribution is 0.0947. The smallest absolute Gasteiger partial charge is 0.251 e. The van der Waals surface area contributed by atoms with Crippen molar-refractivity contribution in [2.75, 3.05) is 26.7 Å². The molecule has 1 N–H and O–H groups in total. The maximum absolute atomic E-state index is 11.8. The molecule has 1 amide bonds. The topological polar surface area (TPSA) is 45.2 Å². The molecule has 2 rings (SSSR count). The van der Waals surface area contributed by atoms with Crippen LogP contribution in [-0.2, 0) is 0 Å². The van der Waals surface area contributed by atoms with E-state index in [0.29, 0.717) is 16.6 Å². The van der Waals surface area contributed by atoms with Gasteiger partial charge in [-0.25, -0.2) is 4.98 Å². The lowest BCUT2D eigenvalue weighted by Gasteiger charge is -2.11. The highest BCUT2D eigenvalue weighted by Gasteiger charge is 2.19. The van der Waals surface area contributed by atoms with Gasteiger partial charge in [-0.2, -0.15) is 0 Å². The molecule has 0 aliphatic carbocycles. The number of carbonyl (C=O) groups is 1. The highest BCUT2D eigenvalue weighted by atomic mass is 35.5. The largest absolute Gasteiger partial charge is 0.352 e. The number of amides is 1. The summed E-state index contributed by atoms with van der Waals surface area (Å²) in [5.41, 5.74) is 0.566. The Morgan fingerprint density at radius 2 is 2.53 bits per heavy atom. The summed E-state index contributed by atoms with van der Waals surface area (Å²) in [4.78, 5) is 18.0. The van der Waals surface area contributed by atoms with Gasteiger partial charge in [0.25, 0.3) is 5.91 Å². The number of hydrogen-bond acceptors (Lipinski definition) is 3. The van der Waals surface area contributed by atoms with Crippen molar-refractivity contribution >= 4 is 17.5 Å². The first kappa shape index (κ1) is 12.3. The van der Waals surface area contributed by atoms with Crippen LogP contribution in [0.5, 0.6) is 0 Å². The third-order valence-electron chi connectivity index (χ3n) is 3.03. The number of nitrogens with zero attached hydrogens (tertiary/aromatic N) is 2. The monoisotopic (exact) mass is 253 g/mol. The molecule has 1 aromatic heterocycles. The lowest BCUT2D eigenvalue weighted by atomic mass is 10.1. The minimum Gasteiger partial charge on any atom is -0.352 e. The van der Waals surface area contributed by atoms with Crippen LogP contribution in [0.15, 0.2) is 18.3 Å². The molecule has 0 aromatic carbocycles. The first-order valence-corrected chi connectivity index (χ1v) is 6.11. The number of aromatic nitrogens is 1. The fraction of sp³-hybridized carbons (Fsp3) is 0.500. The van der Waals surface area contributed by atoms with Gasteiger partial charge in [0.15, 0.2) is 0 Å². The van der Waals surface area contributed by atoms with E-state index in [2.05, 4.69) is 22.2 Å². The molecule has 1 atom stereocenters. The molecule has 1 aliphatic rings. The maximum atomic E-state index is 11.8. The summed E-state index contributed by atoms with van der Waals surface area (Å²) in [6, 6.07) is 3.25. The molecule has 4 nitrogen and oxygen atoms in total. The third-order valence-corrected chi connectivity index (χ3v) is 3.24. The van der Waals surface area contributed by atoms with E-state index in [4.69, 9.17) is 11.6 Å². The summed E-state index contributed by atoms with van der Waals surface area (Å²) in [7, 11) is 2.10. The minimum atomic E-state index is -0.0798. The van der Waals surface area contributed by atoms with Crippen LogP contribution in [0.25, 0.3) is 0 Å². The van der Waals surface area contributed by atoms with Crippen molar-refractivity contribution in [2.45, 2.75) is 6.42 Å². The third kappa shape index (κ3) is 3.41. The van der Waals surface area contributed by atoms with Crippen molar-refractivity contribution in [3.8, 4) is 0 Å². The normalized spacial score (nSPS) is 20.5. The number of halogens is 1. The van der Waals surface area contributed by atoms with Gasteiger partial charge in [0.1, 0.15) is 5.15 Å². The number of pyridine rings is 1. The molecule has 0 bridgehead atoms. The quantitative estimate of drug-likeness (QED) is 0.829. The molecule has 1 unspecified atom stereocenters. The summed E-state index contributed by atoms with van der Waals surface area (Å²) in [5.74, 6) is 0.477. The molecular weight excluding hydrogens is 238 g/mol. The summed E-state index contributed by atoms with van der Waals surface area (Å²) < 4.78 is 0. The average molecular weight is 254 g/mol. The van der Waals surface area contributed by atoms with E-state index in [-0.39, 0.29) is 5.91 Å². The molecule has 1 saturated heterocycles. The van der Waals surface area contributed by atoms with Crippen LogP contribution in [0.3, 0.4) is 0 Å². The Morgan fingerprint density at radius 1 is 1.71 bits per heavy atom. The van der Waals surface area contributed by atoms with Crippen molar-refractivity contribution in [1.29, 1.82) is 0 Å². The molecule has 0 radical (unpaired) electrons. The predicted octanol–water partition coefficient (Wildman–Crippen LogP) is 1.42. The molecule has 17 heavy (non-hydrogen) atoms. The Bertz CT molecular complexity index is 410. The van der Waals surface area contributed by atoms with Crippen LogP contribution in [0.1, 0.15) is 16.8 Å². The van der Waals surface area contributed by atoms with Crippen LogP contribution in [0.2, 0.25) is 5.15 Å². The van der Waals surface area contributed by atoms with Crippen molar-refractivity contribution in [3.05, 3.63) is 29.0 Å². The van der Waals surface area contributed by atoms with E-state index in [1.165, 1.54) is 0 Å². The van der Waals surface area contributed by atoms with Crippen molar-refractivity contribution in [3.63, 3.8) is 0 Å². The Kier molecular flexibility index (Phi) is 3.97. The summed E-state index contributed by atoms with van der Waals surface area (Å²) in [6.07, 6.45) is 2.69. The van der Waals surface area contributed by atoms with Crippen molar-refractivity contribution in [2.24, 2.45) is 5.92 Å². The fourth-order valence-electron chi connectivity index (χ4n) is 2.08. The second kappa shape index (κ2) is 5.47. The van der Waals surface area contributed by atoms with E-state index in [1.54, 1.807) is 18.3 Å². The standard InChI is InChI=1S/C12H16ClN3O/c1-16-5-3-9(8-16)7-15-12(17)10-2-4-14-11(13)6-10/h2,4,6,9H,3,5,7-8H2,1H3,(H,15,17). The number of rotatable bonds is 3. The highest BCUT2D eigenvalue weighted by molar-refractivity contribution is 6.29. The van der Waals surface area contributed by atoms with Gasteiger partial charge >= 0.3 is 0 Å².